The molecular formula is C58H38N2O. The highest BCUT2D eigenvalue weighted by Crippen LogP contribution is 2.41. The standard InChI is InChI=1S/C58H38N2O/c1-2-12-39(13-3-1)43-16-10-17-49(36-43)59(47-34-28-42(29-35-47)50-20-11-21-53-52-19-7-9-23-57(52)61-58(50)53)46-30-24-40(25-31-46)41-26-32-48(33-27-41)60-55-22-8-6-18-51(55)54-37-44-14-4-5-15-45(44)38-56(54)60/h1-38H. The quantitative estimate of drug-likeness (QED) is 0.161. The van der Waals surface area contributed by atoms with Gasteiger partial charge in [-0.05, 0) is 111 Å². The topological polar surface area (TPSA) is 21.3 Å². The maximum atomic E-state index is 6.42. The summed E-state index contributed by atoms with van der Waals surface area (Å²) < 4.78 is 8.82. The molecule has 0 radical (unpaired) electrons. The van der Waals surface area contributed by atoms with Crippen LogP contribution in [0.15, 0.2) is 235 Å². The molecule has 2 heterocycles. The average Bonchev–Trinajstić information content (AvgIpc) is 3.87. The van der Waals surface area contributed by atoms with Gasteiger partial charge < -0.3 is 13.9 Å². The van der Waals surface area contributed by atoms with Gasteiger partial charge in [0.15, 0.2) is 0 Å². The number of para-hydroxylation sites is 3. The molecule has 0 spiro atoms. The van der Waals surface area contributed by atoms with Gasteiger partial charge in [0, 0.05) is 49.9 Å². The Morgan fingerprint density at radius 1 is 0.328 bits per heavy atom. The molecule has 3 nitrogen and oxygen atoms in total. The fourth-order valence-corrected chi connectivity index (χ4v) is 9.21. The molecule has 0 N–H and O–H groups in total. The van der Waals surface area contributed by atoms with Crippen LogP contribution in [-0.2, 0) is 0 Å². The third kappa shape index (κ3) is 5.98. The molecule has 3 heteroatoms. The van der Waals surface area contributed by atoms with Crippen LogP contribution in [-0.4, -0.2) is 4.57 Å². The lowest BCUT2D eigenvalue weighted by Crippen LogP contribution is -2.10. The van der Waals surface area contributed by atoms with Crippen molar-refractivity contribution in [1.29, 1.82) is 0 Å². The maximum Gasteiger partial charge on any atom is 0.143 e. The van der Waals surface area contributed by atoms with Crippen molar-refractivity contribution >= 4 is 71.6 Å². The Hall–Kier alpha value is -8.14. The first-order chi connectivity index (χ1) is 30.2. The normalized spacial score (nSPS) is 11.6. The first-order valence-electron chi connectivity index (χ1n) is 20.8. The third-order valence-electron chi connectivity index (χ3n) is 12.2. The lowest BCUT2D eigenvalue weighted by molar-refractivity contribution is 0.670. The summed E-state index contributed by atoms with van der Waals surface area (Å²) >= 11 is 0. The zero-order chi connectivity index (χ0) is 40.3. The van der Waals surface area contributed by atoms with Crippen LogP contribution >= 0.6 is 0 Å². The van der Waals surface area contributed by atoms with Crippen LogP contribution in [0.25, 0.3) is 93.6 Å². The number of rotatable bonds is 7. The molecule has 0 fully saturated rings. The van der Waals surface area contributed by atoms with E-state index < -0.39 is 0 Å². The lowest BCUT2D eigenvalue weighted by atomic mass is 10.0. The lowest BCUT2D eigenvalue weighted by Gasteiger charge is -2.26. The van der Waals surface area contributed by atoms with Crippen molar-refractivity contribution in [2.24, 2.45) is 0 Å². The summed E-state index contributed by atoms with van der Waals surface area (Å²) in [5.41, 5.74) is 15.5. The number of anilines is 3. The van der Waals surface area contributed by atoms with E-state index in [0.29, 0.717) is 0 Å². The molecule has 12 rings (SSSR count). The smallest absolute Gasteiger partial charge is 0.143 e. The second-order valence-corrected chi connectivity index (χ2v) is 15.7. The summed E-state index contributed by atoms with van der Waals surface area (Å²) in [6, 6.07) is 82.9. The van der Waals surface area contributed by atoms with E-state index in [2.05, 4.69) is 228 Å². The number of hydrogen-bond donors (Lipinski definition) is 0. The van der Waals surface area contributed by atoms with Crippen LogP contribution in [0.5, 0.6) is 0 Å². The Morgan fingerprint density at radius 3 is 1.67 bits per heavy atom. The van der Waals surface area contributed by atoms with Crippen LogP contribution in [0, 0.1) is 0 Å². The molecule has 286 valence electrons. The van der Waals surface area contributed by atoms with Crippen LogP contribution in [0.4, 0.5) is 17.1 Å². The Balaban J connectivity index is 0.911. The van der Waals surface area contributed by atoms with Gasteiger partial charge in [-0.2, -0.15) is 0 Å². The summed E-state index contributed by atoms with van der Waals surface area (Å²) in [5, 5.41) is 7.30. The predicted molar refractivity (Wildman–Crippen MR) is 257 cm³/mol. The molecule has 0 atom stereocenters. The molecule has 0 saturated carbocycles. The van der Waals surface area contributed by atoms with E-state index in [4.69, 9.17) is 4.42 Å². The molecule has 61 heavy (non-hydrogen) atoms. The Morgan fingerprint density at radius 2 is 0.902 bits per heavy atom. The number of aromatic nitrogens is 1. The van der Waals surface area contributed by atoms with Gasteiger partial charge in [0.2, 0.25) is 0 Å². The molecule has 2 aromatic heterocycles. The summed E-state index contributed by atoms with van der Waals surface area (Å²) in [6.45, 7) is 0. The highest BCUT2D eigenvalue weighted by Gasteiger charge is 2.17. The molecule has 12 aromatic rings. The molecular weight excluding hydrogens is 741 g/mol. The third-order valence-corrected chi connectivity index (χ3v) is 12.2. The van der Waals surface area contributed by atoms with Crippen molar-refractivity contribution in [1.82, 2.24) is 4.57 Å². The van der Waals surface area contributed by atoms with Crippen LogP contribution < -0.4 is 4.90 Å². The van der Waals surface area contributed by atoms with Gasteiger partial charge in [-0.1, -0.05) is 158 Å². The van der Waals surface area contributed by atoms with E-state index in [9.17, 15) is 0 Å². The number of furan rings is 1. The number of benzene rings is 10. The highest BCUT2D eigenvalue weighted by molar-refractivity contribution is 6.14. The second-order valence-electron chi connectivity index (χ2n) is 15.7. The predicted octanol–water partition coefficient (Wildman–Crippen LogP) is 16.3. The van der Waals surface area contributed by atoms with Gasteiger partial charge >= 0.3 is 0 Å². The van der Waals surface area contributed by atoms with Crippen molar-refractivity contribution in [3.8, 4) is 39.1 Å². The van der Waals surface area contributed by atoms with Gasteiger partial charge in [0.1, 0.15) is 11.2 Å². The zero-order valence-corrected chi connectivity index (χ0v) is 33.2. The Kier molecular flexibility index (Phi) is 8.17. The molecule has 0 aliphatic heterocycles. The largest absolute Gasteiger partial charge is 0.455 e. The van der Waals surface area contributed by atoms with Crippen molar-refractivity contribution in [3.63, 3.8) is 0 Å². The summed E-state index contributed by atoms with van der Waals surface area (Å²) in [5.74, 6) is 0. The minimum absolute atomic E-state index is 0.905. The zero-order valence-electron chi connectivity index (χ0n) is 33.2. The second kappa shape index (κ2) is 14.3. The maximum absolute atomic E-state index is 6.42. The van der Waals surface area contributed by atoms with E-state index in [0.717, 1.165) is 61.4 Å². The summed E-state index contributed by atoms with van der Waals surface area (Å²) in [4.78, 5) is 2.34. The van der Waals surface area contributed by atoms with E-state index in [1.807, 2.05) is 12.1 Å². The first-order valence-corrected chi connectivity index (χ1v) is 20.8. The van der Waals surface area contributed by atoms with Gasteiger partial charge in [0.05, 0.1) is 11.0 Å². The van der Waals surface area contributed by atoms with Gasteiger partial charge in [-0.3, -0.25) is 0 Å². The van der Waals surface area contributed by atoms with Crippen molar-refractivity contribution in [2.45, 2.75) is 0 Å². The molecule has 0 bridgehead atoms. The molecule has 0 amide bonds. The molecule has 0 unspecified atom stereocenters. The molecule has 0 aliphatic rings. The van der Waals surface area contributed by atoms with Gasteiger partial charge in [-0.15, -0.1) is 0 Å². The summed E-state index contributed by atoms with van der Waals surface area (Å²) in [6.07, 6.45) is 0. The fraction of sp³-hybridized carbons (Fsp3) is 0. The monoisotopic (exact) mass is 778 g/mol. The van der Waals surface area contributed by atoms with Crippen LogP contribution in [0.2, 0.25) is 0 Å². The first kappa shape index (κ1) is 34.9. The SMILES string of the molecule is c1ccc(-c2cccc(N(c3ccc(-c4ccc(-n5c6ccccc6c6cc7ccccc7cc65)cc4)cc3)c3ccc(-c4cccc5c4oc4ccccc45)cc3)c2)cc1. The van der Waals surface area contributed by atoms with Crippen molar-refractivity contribution < 1.29 is 4.42 Å². The Bertz CT molecular complexity index is 3560. The van der Waals surface area contributed by atoms with E-state index in [1.165, 1.54) is 49.3 Å². The fourth-order valence-electron chi connectivity index (χ4n) is 9.21. The van der Waals surface area contributed by atoms with Crippen molar-refractivity contribution in [2.75, 3.05) is 4.90 Å². The Labute approximate surface area is 353 Å². The van der Waals surface area contributed by atoms with Crippen LogP contribution in [0.3, 0.4) is 0 Å². The van der Waals surface area contributed by atoms with Gasteiger partial charge in [0.25, 0.3) is 0 Å². The van der Waals surface area contributed by atoms with Gasteiger partial charge in [-0.25, -0.2) is 0 Å². The van der Waals surface area contributed by atoms with Crippen molar-refractivity contribution in [3.05, 3.63) is 231 Å². The molecule has 0 aliphatic carbocycles. The number of nitrogens with zero attached hydrogens (tertiary/aromatic N) is 2. The minimum atomic E-state index is 0.905. The highest BCUT2D eigenvalue weighted by atomic mass is 16.3. The van der Waals surface area contributed by atoms with E-state index in [1.54, 1.807) is 0 Å². The van der Waals surface area contributed by atoms with Crippen LogP contribution in [0.1, 0.15) is 0 Å². The summed E-state index contributed by atoms with van der Waals surface area (Å²) in [7, 11) is 0. The average molecular weight is 779 g/mol. The molecule has 10 aromatic carbocycles. The number of hydrogen-bond acceptors (Lipinski definition) is 2. The minimum Gasteiger partial charge on any atom is -0.455 e. The molecule has 0 saturated heterocycles. The van der Waals surface area contributed by atoms with E-state index in [-0.39, 0.29) is 0 Å². The van der Waals surface area contributed by atoms with E-state index >= 15 is 0 Å². The number of fused-ring (bicyclic) bond motifs is 7.